The van der Waals surface area contributed by atoms with Crippen molar-refractivity contribution in [2.45, 2.75) is 25.8 Å². The molecule has 0 aromatic rings. The molecule has 0 spiro atoms. The summed E-state index contributed by atoms with van der Waals surface area (Å²) in [6, 6.07) is 0.209. The van der Waals surface area contributed by atoms with E-state index < -0.39 is 0 Å². The van der Waals surface area contributed by atoms with E-state index in [9.17, 15) is 4.79 Å². The first-order valence-corrected chi connectivity index (χ1v) is 6.40. The molecule has 0 aromatic carbocycles. The maximum absolute atomic E-state index is 12.0. The molecular weight excluding hydrogens is 218 g/mol. The molecule has 1 fully saturated rings. The van der Waals surface area contributed by atoms with Crippen molar-refractivity contribution >= 4 is 5.91 Å². The highest BCUT2D eigenvalue weighted by Gasteiger charge is 2.30. The van der Waals surface area contributed by atoms with Crippen LogP contribution in [0.4, 0.5) is 0 Å². The Hall–Kier alpha value is -0.650. The molecule has 0 bridgehead atoms. The lowest BCUT2D eigenvalue weighted by molar-refractivity contribution is -0.135. The molecule has 2 atom stereocenters. The second-order valence-electron chi connectivity index (χ2n) is 4.68. The number of nitrogens with zero attached hydrogens (tertiary/aromatic N) is 1. The molecular formula is C12H25N3O2. The Bertz CT molecular complexity index is 236. The van der Waals surface area contributed by atoms with E-state index in [1.54, 1.807) is 7.11 Å². The molecule has 5 nitrogen and oxygen atoms in total. The first kappa shape index (κ1) is 14.4. The van der Waals surface area contributed by atoms with Crippen LogP contribution in [0.1, 0.15) is 19.8 Å². The van der Waals surface area contributed by atoms with Crippen LogP contribution >= 0.6 is 0 Å². The van der Waals surface area contributed by atoms with Gasteiger partial charge in [0.25, 0.3) is 0 Å². The molecule has 100 valence electrons. The number of rotatable bonds is 6. The second kappa shape index (κ2) is 7.63. The van der Waals surface area contributed by atoms with Gasteiger partial charge in [0.1, 0.15) is 0 Å². The number of amides is 1. The number of nitrogens with two attached hydrogens (primary N) is 1. The van der Waals surface area contributed by atoms with Crippen LogP contribution in [0, 0.1) is 5.92 Å². The lowest BCUT2D eigenvalue weighted by Gasteiger charge is -2.39. The topological polar surface area (TPSA) is 67.6 Å². The van der Waals surface area contributed by atoms with Crippen LogP contribution in [0.5, 0.6) is 0 Å². The van der Waals surface area contributed by atoms with Crippen molar-refractivity contribution in [1.82, 2.24) is 10.2 Å². The number of likely N-dealkylation sites (tertiary alicyclic amines) is 1. The van der Waals surface area contributed by atoms with E-state index in [0.29, 0.717) is 32.2 Å². The van der Waals surface area contributed by atoms with Gasteiger partial charge in [0, 0.05) is 32.8 Å². The monoisotopic (exact) mass is 243 g/mol. The van der Waals surface area contributed by atoms with Crippen LogP contribution in [0.3, 0.4) is 0 Å². The van der Waals surface area contributed by atoms with Crippen LogP contribution in [-0.4, -0.2) is 56.7 Å². The van der Waals surface area contributed by atoms with Crippen molar-refractivity contribution in [2.24, 2.45) is 11.7 Å². The third-order valence-electron chi connectivity index (χ3n) is 3.44. The number of ether oxygens (including phenoxy) is 1. The Balaban J connectivity index is 2.37. The fourth-order valence-electron chi connectivity index (χ4n) is 2.39. The number of carbonyl (C=O) groups excluding carboxylic acids is 1. The number of carbonyl (C=O) groups is 1. The standard InChI is InChI=1S/C12H25N3O2/c1-10-4-3-6-15(11(10)8-13)12(16)9-14-5-7-17-2/h10-11,14H,3-9,13H2,1-2H3/t10-,11+/m0/s1. The first-order valence-electron chi connectivity index (χ1n) is 6.40. The number of nitrogens with one attached hydrogen (secondary N) is 1. The van der Waals surface area contributed by atoms with E-state index in [0.717, 1.165) is 13.0 Å². The van der Waals surface area contributed by atoms with Crippen LogP contribution in [0.2, 0.25) is 0 Å². The zero-order chi connectivity index (χ0) is 12.7. The summed E-state index contributed by atoms with van der Waals surface area (Å²) in [6.45, 7) is 5.30. The third kappa shape index (κ3) is 4.26. The van der Waals surface area contributed by atoms with Crippen molar-refractivity contribution in [3.63, 3.8) is 0 Å². The van der Waals surface area contributed by atoms with Gasteiger partial charge in [-0.3, -0.25) is 4.79 Å². The number of hydrogen-bond donors (Lipinski definition) is 2. The molecule has 1 saturated heterocycles. The molecule has 3 N–H and O–H groups in total. The molecule has 5 heteroatoms. The van der Waals surface area contributed by atoms with Gasteiger partial charge in [0.05, 0.1) is 13.2 Å². The zero-order valence-corrected chi connectivity index (χ0v) is 10.9. The largest absolute Gasteiger partial charge is 0.383 e. The van der Waals surface area contributed by atoms with Crippen molar-refractivity contribution < 1.29 is 9.53 Å². The maximum Gasteiger partial charge on any atom is 0.236 e. The lowest BCUT2D eigenvalue weighted by Crippen LogP contribution is -2.53. The molecule has 1 heterocycles. The summed E-state index contributed by atoms with van der Waals surface area (Å²) in [5.74, 6) is 0.666. The molecule has 0 radical (unpaired) electrons. The fraction of sp³-hybridized carbons (Fsp3) is 0.917. The quantitative estimate of drug-likeness (QED) is 0.634. The molecule has 1 rings (SSSR count). The predicted octanol–water partition coefficient (Wildman–Crippen LogP) is -0.192. The van der Waals surface area contributed by atoms with Gasteiger partial charge < -0.3 is 20.7 Å². The van der Waals surface area contributed by atoms with Gasteiger partial charge in [-0.1, -0.05) is 6.92 Å². The number of hydrogen-bond acceptors (Lipinski definition) is 4. The van der Waals surface area contributed by atoms with Crippen molar-refractivity contribution in [1.29, 1.82) is 0 Å². The molecule has 0 aromatic heterocycles. The van der Waals surface area contributed by atoms with E-state index in [1.165, 1.54) is 6.42 Å². The molecule has 1 amide bonds. The number of methoxy groups -OCH3 is 1. The first-order chi connectivity index (χ1) is 8.20. The van der Waals surface area contributed by atoms with Gasteiger partial charge in [-0.2, -0.15) is 0 Å². The SMILES string of the molecule is COCCNCC(=O)N1CCC[C@H](C)[C@H]1CN. The Morgan fingerprint density at radius 2 is 2.35 bits per heavy atom. The summed E-state index contributed by atoms with van der Waals surface area (Å²) in [4.78, 5) is 14.0. The summed E-state index contributed by atoms with van der Waals surface area (Å²) in [5.41, 5.74) is 5.76. The van der Waals surface area contributed by atoms with Crippen molar-refractivity contribution in [3.05, 3.63) is 0 Å². The Kier molecular flexibility index (Phi) is 6.47. The molecule has 0 unspecified atom stereocenters. The molecule has 0 saturated carbocycles. The summed E-state index contributed by atoms with van der Waals surface area (Å²) in [7, 11) is 1.65. The lowest BCUT2D eigenvalue weighted by atomic mass is 9.91. The zero-order valence-electron chi connectivity index (χ0n) is 10.9. The van der Waals surface area contributed by atoms with Crippen molar-refractivity contribution in [2.75, 3.05) is 39.9 Å². The second-order valence-corrected chi connectivity index (χ2v) is 4.68. The van der Waals surface area contributed by atoms with Gasteiger partial charge in [0.15, 0.2) is 0 Å². The highest BCUT2D eigenvalue weighted by atomic mass is 16.5. The van der Waals surface area contributed by atoms with Crippen LogP contribution in [0.25, 0.3) is 0 Å². The van der Waals surface area contributed by atoms with Gasteiger partial charge in [-0.05, 0) is 18.8 Å². The maximum atomic E-state index is 12.0. The molecule has 17 heavy (non-hydrogen) atoms. The van der Waals surface area contributed by atoms with E-state index >= 15 is 0 Å². The summed E-state index contributed by atoms with van der Waals surface area (Å²) in [6.07, 6.45) is 2.25. The summed E-state index contributed by atoms with van der Waals surface area (Å²) >= 11 is 0. The number of piperidine rings is 1. The van der Waals surface area contributed by atoms with Gasteiger partial charge in [0.2, 0.25) is 5.91 Å². The average molecular weight is 243 g/mol. The van der Waals surface area contributed by atoms with Crippen LogP contribution < -0.4 is 11.1 Å². The Morgan fingerprint density at radius 1 is 1.59 bits per heavy atom. The summed E-state index contributed by atoms with van der Waals surface area (Å²) in [5, 5.41) is 3.09. The third-order valence-corrected chi connectivity index (χ3v) is 3.44. The van der Waals surface area contributed by atoms with Gasteiger partial charge in [-0.25, -0.2) is 0 Å². The molecule has 1 aliphatic heterocycles. The highest BCUT2D eigenvalue weighted by molar-refractivity contribution is 5.78. The molecule has 0 aliphatic carbocycles. The van der Waals surface area contributed by atoms with E-state index in [-0.39, 0.29) is 11.9 Å². The van der Waals surface area contributed by atoms with E-state index in [2.05, 4.69) is 12.2 Å². The van der Waals surface area contributed by atoms with Crippen molar-refractivity contribution in [3.8, 4) is 0 Å². The predicted molar refractivity (Wildman–Crippen MR) is 67.7 cm³/mol. The van der Waals surface area contributed by atoms with Gasteiger partial charge >= 0.3 is 0 Å². The Labute approximate surface area is 104 Å². The Morgan fingerprint density at radius 3 is 3.00 bits per heavy atom. The average Bonchev–Trinajstić information content (AvgIpc) is 2.34. The van der Waals surface area contributed by atoms with E-state index in [4.69, 9.17) is 10.5 Å². The van der Waals surface area contributed by atoms with E-state index in [1.807, 2.05) is 4.90 Å². The minimum absolute atomic E-state index is 0.156. The van der Waals surface area contributed by atoms with Crippen LogP contribution in [0.15, 0.2) is 0 Å². The minimum atomic E-state index is 0.156. The molecule has 1 aliphatic rings. The minimum Gasteiger partial charge on any atom is -0.383 e. The highest BCUT2D eigenvalue weighted by Crippen LogP contribution is 2.22. The fourth-order valence-corrected chi connectivity index (χ4v) is 2.39. The van der Waals surface area contributed by atoms with Crippen LogP contribution in [-0.2, 0) is 9.53 Å². The summed E-state index contributed by atoms with van der Waals surface area (Å²) < 4.78 is 4.92. The van der Waals surface area contributed by atoms with Gasteiger partial charge in [-0.15, -0.1) is 0 Å². The smallest absolute Gasteiger partial charge is 0.236 e. The normalized spacial score (nSPS) is 25.0.